The first kappa shape index (κ1) is 14.5. The van der Waals surface area contributed by atoms with E-state index in [4.69, 9.17) is 0 Å². The smallest absolute Gasteiger partial charge is 0.282 e. The van der Waals surface area contributed by atoms with E-state index >= 15 is 0 Å². The maximum Gasteiger partial charge on any atom is 0.282 e. The highest BCUT2D eigenvalue weighted by Crippen LogP contribution is 2.15. The SMILES string of the molecule is C[C@H]1CNCCN1S(=O)(=O)N(C)Cc1ccccc1. The van der Waals surface area contributed by atoms with E-state index < -0.39 is 10.2 Å². The standard InChI is InChI=1S/C13H21N3O2S/c1-12-10-14-8-9-16(12)19(17,18)15(2)11-13-6-4-3-5-7-13/h3-7,12,14H,8-11H2,1-2H3/t12-/m0/s1. The molecule has 0 bridgehead atoms. The van der Waals surface area contributed by atoms with Gasteiger partial charge in [-0.15, -0.1) is 0 Å². The summed E-state index contributed by atoms with van der Waals surface area (Å²) >= 11 is 0. The van der Waals surface area contributed by atoms with E-state index in [2.05, 4.69) is 5.32 Å². The van der Waals surface area contributed by atoms with Crippen LogP contribution in [-0.4, -0.2) is 49.8 Å². The molecule has 1 aliphatic rings. The Morgan fingerprint density at radius 2 is 2.05 bits per heavy atom. The van der Waals surface area contributed by atoms with Gasteiger partial charge in [0.05, 0.1) is 0 Å². The van der Waals surface area contributed by atoms with E-state index in [1.165, 1.54) is 4.31 Å². The lowest BCUT2D eigenvalue weighted by molar-refractivity contribution is 0.262. The van der Waals surface area contributed by atoms with Crippen LogP contribution in [0.2, 0.25) is 0 Å². The molecule has 0 spiro atoms. The van der Waals surface area contributed by atoms with Crippen molar-refractivity contribution < 1.29 is 8.42 Å². The number of hydrogen-bond acceptors (Lipinski definition) is 3. The molecule has 0 radical (unpaired) electrons. The van der Waals surface area contributed by atoms with Crippen molar-refractivity contribution in [1.29, 1.82) is 0 Å². The fourth-order valence-corrected chi connectivity index (χ4v) is 3.79. The molecule has 1 atom stereocenters. The number of rotatable bonds is 4. The summed E-state index contributed by atoms with van der Waals surface area (Å²) in [6.45, 7) is 4.28. The lowest BCUT2D eigenvalue weighted by atomic mass is 10.2. The summed E-state index contributed by atoms with van der Waals surface area (Å²) in [6.07, 6.45) is 0. The highest BCUT2D eigenvalue weighted by Gasteiger charge is 2.32. The minimum atomic E-state index is -3.38. The first-order valence-corrected chi connectivity index (χ1v) is 7.89. The Kier molecular flexibility index (Phi) is 4.57. The van der Waals surface area contributed by atoms with Crippen molar-refractivity contribution in [2.24, 2.45) is 0 Å². The van der Waals surface area contributed by atoms with Crippen molar-refractivity contribution in [3.05, 3.63) is 35.9 Å². The quantitative estimate of drug-likeness (QED) is 0.883. The predicted molar refractivity (Wildman–Crippen MR) is 75.9 cm³/mol. The second kappa shape index (κ2) is 6.00. The summed E-state index contributed by atoms with van der Waals surface area (Å²) < 4.78 is 28.0. The summed E-state index contributed by atoms with van der Waals surface area (Å²) in [5.74, 6) is 0. The Labute approximate surface area is 115 Å². The average molecular weight is 283 g/mol. The van der Waals surface area contributed by atoms with Crippen molar-refractivity contribution in [3.8, 4) is 0 Å². The zero-order chi connectivity index (χ0) is 13.9. The summed E-state index contributed by atoms with van der Waals surface area (Å²) in [4.78, 5) is 0. The topological polar surface area (TPSA) is 52.7 Å². The summed E-state index contributed by atoms with van der Waals surface area (Å²) in [7, 11) is -1.75. The van der Waals surface area contributed by atoms with Gasteiger partial charge in [-0.25, -0.2) is 0 Å². The molecule has 5 nitrogen and oxygen atoms in total. The summed E-state index contributed by atoms with van der Waals surface area (Å²) in [5.41, 5.74) is 0.997. The lowest BCUT2D eigenvalue weighted by Crippen LogP contribution is -2.55. The van der Waals surface area contributed by atoms with Crippen LogP contribution in [-0.2, 0) is 16.8 Å². The maximum atomic E-state index is 12.5. The molecule has 1 saturated heterocycles. The van der Waals surface area contributed by atoms with Crippen molar-refractivity contribution in [3.63, 3.8) is 0 Å². The van der Waals surface area contributed by atoms with E-state index in [0.29, 0.717) is 26.2 Å². The van der Waals surface area contributed by atoms with E-state index in [-0.39, 0.29) is 6.04 Å². The molecule has 0 aromatic heterocycles. The van der Waals surface area contributed by atoms with Crippen LogP contribution in [0.15, 0.2) is 30.3 Å². The molecule has 1 fully saturated rings. The van der Waals surface area contributed by atoms with Crippen LogP contribution in [0.1, 0.15) is 12.5 Å². The molecule has 1 aromatic carbocycles. The highest BCUT2D eigenvalue weighted by molar-refractivity contribution is 7.86. The average Bonchev–Trinajstić information content (AvgIpc) is 2.40. The third-order valence-electron chi connectivity index (χ3n) is 3.38. The molecule has 0 aliphatic carbocycles. The third kappa shape index (κ3) is 3.33. The zero-order valence-electron chi connectivity index (χ0n) is 11.4. The first-order valence-electron chi connectivity index (χ1n) is 6.49. The number of nitrogens with zero attached hydrogens (tertiary/aromatic N) is 2. The monoisotopic (exact) mass is 283 g/mol. The molecule has 106 valence electrons. The van der Waals surface area contributed by atoms with Crippen LogP contribution >= 0.6 is 0 Å². The van der Waals surface area contributed by atoms with Gasteiger partial charge in [-0.1, -0.05) is 30.3 Å². The van der Waals surface area contributed by atoms with Crippen molar-refractivity contribution in [1.82, 2.24) is 13.9 Å². The van der Waals surface area contributed by atoms with Crippen molar-refractivity contribution in [2.75, 3.05) is 26.7 Å². The van der Waals surface area contributed by atoms with Gasteiger partial charge in [0.15, 0.2) is 0 Å². The fourth-order valence-electron chi connectivity index (χ4n) is 2.27. The molecule has 1 aliphatic heterocycles. The van der Waals surface area contributed by atoms with E-state index in [1.54, 1.807) is 11.4 Å². The third-order valence-corrected chi connectivity index (χ3v) is 5.43. The van der Waals surface area contributed by atoms with Crippen LogP contribution in [0.4, 0.5) is 0 Å². The molecular formula is C13H21N3O2S. The van der Waals surface area contributed by atoms with Crippen molar-refractivity contribution >= 4 is 10.2 Å². The maximum absolute atomic E-state index is 12.5. The van der Waals surface area contributed by atoms with Gasteiger partial charge in [0.1, 0.15) is 0 Å². The van der Waals surface area contributed by atoms with E-state index in [0.717, 1.165) is 5.56 Å². The molecule has 6 heteroatoms. The zero-order valence-corrected chi connectivity index (χ0v) is 12.2. The van der Waals surface area contributed by atoms with Gasteiger partial charge in [0.2, 0.25) is 0 Å². The van der Waals surface area contributed by atoms with Crippen molar-refractivity contribution in [2.45, 2.75) is 19.5 Å². The normalized spacial score (nSPS) is 21.7. The summed E-state index contributed by atoms with van der Waals surface area (Å²) in [5, 5.41) is 3.20. The minimum Gasteiger partial charge on any atom is -0.314 e. The molecule has 2 rings (SSSR count). The predicted octanol–water partition coefficient (Wildman–Crippen LogP) is 0.657. The molecule has 1 aromatic rings. The van der Waals surface area contributed by atoms with Gasteiger partial charge in [0.25, 0.3) is 10.2 Å². The number of nitrogens with one attached hydrogen (secondary N) is 1. The van der Waals surface area contributed by atoms with Gasteiger partial charge in [-0.05, 0) is 12.5 Å². The van der Waals surface area contributed by atoms with Crippen LogP contribution in [0.5, 0.6) is 0 Å². The number of hydrogen-bond donors (Lipinski definition) is 1. The lowest BCUT2D eigenvalue weighted by Gasteiger charge is -2.35. The van der Waals surface area contributed by atoms with Gasteiger partial charge in [-0.3, -0.25) is 0 Å². The minimum absolute atomic E-state index is 0.00280. The van der Waals surface area contributed by atoms with E-state index in [9.17, 15) is 8.42 Å². The first-order chi connectivity index (χ1) is 9.01. The number of piperazine rings is 1. The second-order valence-electron chi connectivity index (χ2n) is 4.91. The fraction of sp³-hybridized carbons (Fsp3) is 0.538. The summed E-state index contributed by atoms with van der Waals surface area (Å²) in [6, 6.07) is 9.64. The van der Waals surface area contributed by atoms with Crippen LogP contribution < -0.4 is 5.32 Å². The Morgan fingerprint density at radius 3 is 2.68 bits per heavy atom. The highest BCUT2D eigenvalue weighted by atomic mass is 32.2. The molecule has 1 heterocycles. The molecule has 0 saturated carbocycles. The Balaban J connectivity index is 2.10. The van der Waals surface area contributed by atoms with Crippen LogP contribution in [0, 0.1) is 0 Å². The Bertz CT molecular complexity index is 504. The molecule has 1 N–H and O–H groups in total. The van der Waals surface area contributed by atoms with E-state index in [1.807, 2.05) is 37.3 Å². The van der Waals surface area contributed by atoms with Gasteiger partial charge < -0.3 is 5.32 Å². The second-order valence-corrected chi connectivity index (χ2v) is 6.90. The Hall–Kier alpha value is -0.950. The molecular weight excluding hydrogens is 262 g/mol. The molecule has 19 heavy (non-hydrogen) atoms. The van der Waals surface area contributed by atoms with Gasteiger partial charge in [-0.2, -0.15) is 17.0 Å². The number of benzene rings is 1. The molecule has 0 unspecified atom stereocenters. The van der Waals surface area contributed by atoms with Gasteiger partial charge in [0, 0.05) is 39.3 Å². The molecule has 0 amide bonds. The van der Waals surface area contributed by atoms with Crippen LogP contribution in [0.3, 0.4) is 0 Å². The van der Waals surface area contributed by atoms with Crippen LogP contribution in [0.25, 0.3) is 0 Å². The Morgan fingerprint density at radius 1 is 1.37 bits per heavy atom. The van der Waals surface area contributed by atoms with Gasteiger partial charge >= 0.3 is 0 Å². The largest absolute Gasteiger partial charge is 0.314 e.